The van der Waals surface area contributed by atoms with Gasteiger partial charge in [-0.15, -0.1) is 0 Å². The zero-order valence-corrected chi connectivity index (χ0v) is 11.9. The fourth-order valence-electron chi connectivity index (χ4n) is 2.33. The Morgan fingerprint density at radius 2 is 1.55 bits per heavy atom. The lowest BCUT2D eigenvalue weighted by molar-refractivity contribution is -0.131. The van der Waals surface area contributed by atoms with Crippen molar-refractivity contribution in [2.45, 2.75) is 0 Å². The first-order valence-electron chi connectivity index (χ1n) is 6.80. The molecule has 4 N–H and O–H groups in total. The number of amides is 3. The van der Waals surface area contributed by atoms with E-state index in [1.165, 1.54) is 11.0 Å². The Morgan fingerprint density at radius 3 is 2.09 bits per heavy atom. The summed E-state index contributed by atoms with van der Waals surface area (Å²) >= 11 is 0. The van der Waals surface area contributed by atoms with Gasteiger partial charge in [0.1, 0.15) is 5.82 Å². The molecule has 118 valence electrons. The van der Waals surface area contributed by atoms with Crippen LogP contribution in [0.1, 0.15) is 20.7 Å². The average Bonchev–Trinajstić information content (AvgIpc) is 2.53. The second-order valence-corrected chi connectivity index (χ2v) is 4.97. The second-order valence-electron chi connectivity index (χ2n) is 4.97. The predicted octanol–water partition coefficient (Wildman–Crippen LogP) is -0.832. The lowest BCUT2D eigenvalue weighted by atomic mass is 10.1. The van der Waals surface area contributed by atoms with Gasteiger partial charge in [0.25, 0.3) is 5.91 Å². The highest BCUT2D eigenvalue weighted by Gasteiger charge is 2.25. The summed E-state index contributed by atoms with van der Waals surface area (Å²) in [4.78, 5) is 38.0. The zero-order chi connectivity index (χ0) is 16.3. The summed E-state index contributed by atoms with van der Waals surface area (Å²) in [5, 5.41) is 0. The molecule has 0 radical (unpaired) electrons. The molecule has 0 spiro atoms. The van der Waals surface area contributed by atoms with Gasteiger partial charge in [-0.1, -0.05) is 0 Å². The van der Waals surface area contributed by atoms with Crippen LogP contribution in [0.3, 0.4) is 0 Å². The summed E-state index contributed by atoms with van der Waals surface area (Å²) in [6, 6.07) is 3.31. The Kier molecular flexibility index (Phi) is 4.71. The number of piperazine rings is 1. The Hall–Kier alpha value is -2.48. The first-order valence-corrected chi connectivity index (χ1v) is 6.80. The number of nitrogens with two attached hydrogens (primary N) is 2. The summed E-state index contributed by atoms with van der Waals surface area (Å²) in [5.74, 6) is -2.07. The molecule has 0 aliphatic carbocycles. The summed E-state index contributed by atoms with van der Waals surface area (Å²) < 4.78 is 13.5. The van der Waals surface area contributed by atoms with Crippen LogP contribution in [0.25, 0.3) is 0 Å². The minimum atomic E-state index is -0.799. The van der Waals surface area contributed by atoms with Crippen molar-refractivity contribution in [3.8, 4) is 0 Å². The van der Waals surface area contributed by atoms with Crippen molar-refractivity contribution in [2.24, 2.45) is 11.5 Å². The molecule has 1 aromatic rings. The van der Waals surface area contributed by atoms with Gasteiger partial charge >= 0.3 is 0 Å². The van der Waals surface area contributed by atoms with E-state index in [0.717, 1.165) is 12.1 Å². The van der Waals surface area contributed by atoms with Crippen LogP contribution in [-0.4, -0.2) is 60.2 Å². The number of nitrogens with zero attached hydrogens (tertiary/aromatic N) is 2. The van der Waals surface area contributed by atoms with Crippen molar-refractivity contribution in [1.82, 2.24) is 9.80 Å². The van der Waals surface area contributed by atoms with Crippen molar-refractivity contribution < 1.29 is 18.8 Å². The van der Waals surface area contributed by atoms with Crippen LogP contribution in [0.2, 0.25) is 0 Å². The van der Waals surface area contributed by atoms with Gasteiger partial charge in [0.15, 0.2) is 0 Å². The molecule has 22 heavy (non-hydrogen) atoms. The highest BCUT2D eigenvalue weighted by atomic mass is 19.1. The maximum atomic E-state index is 13.5. The van der Waals surface area contributed by atoms with Gasteiger partial charge in [0, 0.05) is 37.3 Å². The van der Waals surface area contributed by atoms with Crippen LogP contribution in [0, 0.1) is 5.82 Å². The highest BCUT2D eigenvalue weighted by Crippen LogP contribution is 2.13. The quantitative estimate of drug-likeness (QED) is 0.759. The first-order chi connectivity index (χ1) is 10.4. The number of primary amides is 1. The van der Waals surface area contributed by atoms with Crippen molar-refractivity contribution in [3.05, 3.63) is 35.1 Å². The number of hydrogen-bond acceptors (Lipinski definition) is 4. The number of rotatable bonds is 3. The topological polar surface area (TPSA) is 110 Å². The molecule has 1 aromatic carbocycles. The summed E-state index contributed by atoms with van der Waals surface area (Å²) in [6.07, 6.45) is 0. The number of benzene rings is 1. The molecule has 3 amide bonds. The van der Waals surface area contributed by atoms with E-state index < -0.39 is 17.6 Å². The van der Waals surface area contributed by atoms with Crippen LogP contribution in [-0.2, 0) is 4.79 Å². The van der Waals surface area contributed by atoms with E-state index in [-0.39, 0.29) is 23.6 Å². The standard InChI is InChI=1S/C14H17FN4O3/c15-11-6-9(13(17)21)5-10(7-11)14(22)19-3-1-18(2-4-19)12(20)8-16/h5-7H,1-4,8,16H2,(H2,17,21). The van der Waals surface area contributed by atoms with Crippen LogP contribution < -0.4 is 11.5 Å². The third-order valence-electron chi connectivity index (χ3n) is 3.52. The van der Waals surface area contributed by atoms with E-state index in [9.17, 15) is 18.8 Å². The summed E-state index contributed by atoms with van der Waals surface area (Å²) in [5.41, 5.74) is 10.4. The van der Waals surface area contributed by atoms with Crippen molar-refractivity contribution in [3.63, 3.8) is 0 Å². The van der Waals surface area contributed by atoms with Gasteiger partial charge in [-0.2, -0.15) is 0 Å². The van der Waals surface area contributed by atoms with Crippen LogP contribution in [0.15, 0.2) is 18.2 Å². The number of hydrogen-bond donors (Lipinski definition) is 2. The monoisotopic (exact) mass is 308 g/mol. The molecular weight excluding hydrogens is 291 g/mol. The lowest BCUT2D eigenvalue weighted by Crippen LogP contribution is -2.51. The normalized spacial score (nSPS) is 14.8. The molecule has 0 saturated carbocycles. The van der Waals surface area contributed by atoms with Crippen LogP contribution in [0.5, 0.6) is 0 Å². The zero-order valence-electron chi connectivity index (χ0n) is 11.9. The van der Waals surface area contributed by atoms with Gasteiger partial charge in [-0.3, -0.25) is 14.4 Å². The molecule has 0 atom stereocenters. The first kappa shape index (κ1) is 15.9. The van der Waals surface area contributed by atoms with Gasteiger partial charge < -0.3 is 21.3 Å². The number of halogens is 1. The van der Waals surface area contributed by atoms with E-state index in [4.69, 9.17) is 11.5 Å². The molecule has 8 heteroatoms. The fraction of sp³-hybridized carbons (Fsp3) is 0.357. The van der Waals surface area contributed by atoms with Crippen molar-refractivity contribution in [2.75, 3.05) is 32.7 Å². The Labute approximate surface area is 126 Å². The van der Waals surface area contributed by atoms with Crippen molar-refractivity contribution in [1.29, 1.82) is 0 Å². The predicted molar refractivity (Wildman–Crippen MR) is 76.5 cm³/mol. The van der Waals surface area contributed by atoms with E-state index in [1.807, 2.05) is 0 Å². The van der Waals surface area contributed by atoms with E-state index in [1.54, 1.807) is 4.90 Å². The molecular formula is C14H17FN4O3. The minimum Gasteiger partial charge on any atom is -0.366 e. The summed E-state index contributed by atoms with van der Waals surface area (Å²) in [6.45, 7) is 1.33. The summed E-state index contributed by atoms with van der Waals surface area (Å²) in [7, 11) is 0. The van der Waals surface area contributed by atoms with E-state index in [0.29, 0.717) is 26.2 Å². The number of carbonyl (C=O) groups is 3. The third-order valence-corrected chi connectivity index (χ3v) is 3.52. The molecule has 0 unspecified atom stereocenters. The van der Waals surface area contributed by atoms with E-state index >= 15 is 0 Å². The Balaban J connectivity index is 2.10. The molecule has 1 fully saturated rings. The lowest BCUT2D eigenvalue weighted by Gasteiger charge is -2.34. The maximum absolute atomic E-state index is 13.5. The molecule has 0 bridgehead atoms. The minimum absolute atomic E-state index is 0.0553. The van der Waals surface area contributed by atoms with Gasteiger partial charge in [0.05, 0.1) is 6.54 Å². The number of carbonyl (C=O) groups excluding carboxylic acids is 3. The highest BCUT2D eigenvalue weighted by molar-refractivity contribution is 5.99. The molecule has 1 aliphatic rings. The molecule has 1 saturated heterocycles. The molecule has 7 nitrogen and oxygen atoms in total. The smallest absolute Gasteiger partial charge is 0.254 e. The Morgan fingerprint density at radius 1 is 1.00 bits per heavy atom. The van der Waals surface area contributed by atoms with Gasteiger partial charge in [0.2, 0.25) is 11.8 Å². The van der Waals surface area contributed by atoms with E-state index in [2.05, 4.69) is 0 Å². The maximum Gasteiger partial charge on any atom is 0.254 e. The van der Waals surface area contributed by atoms with Crippen LogP contribution in [0.4, 0.5) is 4.39 Å². The average molecular weight is 308 g/mol. The van der Waals surface area contributed by atoms with Gasteiger partial charge in [-0.25, -0.2) is 4.39 Å². The third kappa shape index (κ3) is 3.40. The molecule has 2 rings (SSSR count). The second kappa shape index (κ2) is 6.52. The molecule has 1 aliphatic heterocycles. The Bertz CT molecular complexity index is 612. The SMILES string of the molecule is NCC(=O)N1CCN(C(=O)c2cc(F)cc(C(N)=O)c2)CC1. The van der Waals surface area contributed by atoms with Crippen LogP contribution >= 0.6 is 0 Å². The van der Waals surface area contributed by atoms with Gasteiger partial charge in [-0.05, 0) is 18.2 Å². The largest absolute Gasteiger partial charge is 0.366 e. The molecule has 1 heterocycles. The fourth-order valence-corrected chi connectivity index (χ4v) is 2.33. The van der Waals surface area contributed by atoms with Crippen molar-refractivity contribution >= 4 is 17.7 Å². The molecule has 0 aromatic heterocycles.